The summed E-state index contributed by atoms with van der Waals surface area (Å²) in [5, 5.41) is 0. The lowest BCUT2D eigenvalue weighted by atomic mass is 10.3. The molecule has 3 heteroatoms. The Morgan fingerprint density at radius 3 is 2.50 bits per heavy atom. The van der Waals surface area contributed by atoms with E-state index in [-0.39, 0.29) is 1.43 Å². The second kappa shape index (κ2) is 3.96. The van der Waals surface area contributed by atoms with Crippen molar-refractivity contribution in [3.63, 3.8) is 0 Å². The van der Waals surface area contributed by atoms with Crippen molar-refractivity contribution in [2.24, 2.45) is 0 Å². The molecule has 1 aliphatic heterocycles. The van der Waals surface area contributed by atoms with Gasteiger partial charge in [-0.3, -0.25) is 0 Å². The minimum atomic E-state index is 0. The summed E-state index contributed by atoms with van der Waals surface area (Å²) in [5.41, 5.74) is 1.22. The number of aromatic nitrogens is 1. The van der Waals surface area contributed by atoms with Crippen LogP contribution in [0.1, 0.15) is 6.99 Å². The molecule has 1 aliphatic rings. The van der Waals surface area contributed by atoms with E-state index in [1.54, 1.807) is 0 Å². The number of likely N-dealkylation sites (N-methyl/N-ethyl adjacent to an activating group) is 1. The van der Waals surface area contributed by atoms with Crippen LogP contribution in [0.15, 0.2) is 18.3 Å². The largest absolute Gasteiger partial charge is 0.354 e. The predicted molar refractivity (Wildman–Crippen MR) is 60.8 cm³/mol. The number of nitrogens with zero attached hydrogens (tertiary/aromatic N) is 3. The van der Waals surface area contributed by atoms with Gasteiger partial charge in [0.25, 0.3) is 0 Å². The molecule has 0 atom stereocenters. The van der Waals surface area contributed by atoms with Crippen molar-refractivity contribution in [3.05, 3.63) is 23.9 Å². The van der Waals surface area contributed by atoms with Gasteiger partial charge in [-0.1, -0.05) is 6.07 Å². The maximum absolute atomic E-state index is 4.43. The van der Waals surface area contributed by atoms with Crippen LogP contribution in [0.2, 0.25) is 0 Å². The van der Waals surface area contributed by atoms with E-state index in [4.69, 9.17) is 0 Å². The van der Waals surface area contributed by atoms with E-state index in [9.17, 15) is 0 Å². The van der Waals surface area contributed by atoms with Gasteiger partial charge >= 0.3 is 0 Å². The lowest BCUT2D eigenvalue weighted by Gasteiger charge is -2.33. The molecule has 0 aliphatic carbocycles. The van der Waals surface area contributed by atoms with Crippen molar-refractivity contribution in [1.82, 2.24) is 9.88 Å². The number of piperazine rings is 1. The summed E-state index contributed by atoms with van der Waals surface area (Å²) in [5.74, 6) is 1.11. The maximum Gasteiger partial charge on any atom is 0.128 e. The molecule has 1 aromatic heterocycles. The zero-order valence-electron chi connectivity index (χ0n) is 8.90. The van der Waals surface area contributed by atoms with Crippen LogP contribution in [0.5, 0.6) is 0 Å². The number of pyridine rings is 1. The Morgan fingerprint density at radius 2 is 1.93 bits per heavy atom. The van der Waals surface area contributed by atoms with Crippen LogP contribution in [0.25, 0.3) is 0 Å². The van der Waals surface area contributed by atoms with Gasteiger partial charge in [-0.25, -0.2) is 4.98 Å². The summed E-state index contributed by atoms with van der Waals surface area (Å²) in [6.07, 6.45) is 1.94. The van der Waals surface area contributed by atoms with Gasteiger partial charge in [0, 0.05) is 33.8 Å². The maximum atomic E-state index is 4.43. The average molecular weight is 193 g/mol. The Hall–Kier alpha value is -1.09. The van der Waals surface area contributed by atoms with Crippen molar-refractivity contribution in [3.8, 4) is 0 Å². The van der Waals surface area contributed by atoms with E-state index >= 15 is 0 Å². The summed E-state index contributed by atoms with van der Waals surface area (Å²) in [4.78, 5) is 9.13. The molecule has 14 heavy (non-hydrogen) atoms. The van der Waals surface area contributed by atoms with Gasteiger partial charge in [0.15, 0.2) is 0 Å². The van der Waals surface area contributed by atoms with Crippen molar-refractivity contribution in [2.45, 2.75) is 6.92 Å². The molecule has 0 bridgehead atoms. The van der Waals surface area contributed by atoms with Gasteiger partial charge in [-0.05, 0) is 25.6 Å². The Labute approximate surface area is 86.8 Å². The molecule has 2 rings (SSSR count). The molecule has 0 unspecified atom stereocenters. The zero-order chi connectivity index (χ0) is 9.97. The molecule has 0 radical (unpaired) electrons. The van der Waals surface area contributed by atoms with E-state index in [1.165, 1.54) is 5.56 Å². The van der Waals surface area contributed by atoms with Crippen LogP contribution in [-0.4, -0.2) is 43.1 Å². The highest BCUT2D eigenvalue weighted by atomic mass is 15.3. The Morgan fingerprint density at radius 1 is 1.21 bits per heavy atom. The third-order valence-electron chi connectivity index (χ3n) is 2.72. The van der Waals surface area contributed by atoms with Gasteiger partial charge in [-0.2, -0.15) is 0 Å². The molecule has 0 amide bonds. The predicted octanol–water partition coefficient (Wildman–Crippen LogP) is 1.39. The molecule has 0 aromatic carbocycles. The monoisotopic (exact) mass is 193 g/mol. The SMILES string of the molecule is Cc1ccc(N2CCN(C)CC2)nc1.[HH]. The highest BCUT2D eigenvalue weighted by Gasteiger charge is 2.14. The van der Waals surface area contributed by atoms with E-state index in [0.29, 0.717) is 0 Å². The molecule has 1 aromatic rings. The van der Waals surface area contributed by atoms with E-state index in [1.807, 2.05) is 6.20 Å². The van der Waals surface area contributed by atoms with Crippen LogP contribution in [0.4, 0.5) is 5.82 Å². The molecule has 0 N–H and O–H groups in total. The standard InChI is InChI=1S/C11H17N3.H2/c1-10-3-4-11(12-9-10)14-7-5-13(2)6-8-14;/h3-4,9H,5-8H2,1-2H3;1H. The number of hydrogen-bond acceptors (Lipinski definition) is 3. The van der Waals surface area contributed by atoms with Crippen LogP contribution in [0.3, 0.4) is 0 Å². The number of rotatable bonds is 1. The third-order valence-corrected chi connectivity index (χ3v) is 2.72. The summed E-state index contributed by atoms with van der Waals surface area (Å²) >= 11 is 0. The first-order chi connectivity index (χ1) is 6.75. The highest BCUT2D eigenvalue weighted by Crippen LogP contribution is 2.12. The Balaban J connectivity index is 0.00000112. The summed E-state index contributed by atoms with van der Waals surface area (Å²) < 4.78 is 0. The third kappa shape index (κ3) is 2.04. The van der Waals surface area contributed by atoms with Gasteiger partial charge in [0.2, 0.25) is 0 Å². The minimum absolute atomic E-state index is 0. The minimum Gasteiger partial charge on any atom is -0.354 e. The fraction of sp³-hybridized carbons (Fsp3) is 0.545. The summed E-state index contributed by atoms with van der Waals surface area (Å²) in [7, 11) is 2.17. The van der Waals surface area contributed by atoms with Crippen LogP contribution >= 0.6 is 0 Å². The van der Waals surface area contributed by atoms with Crippen LogP contribution < -0.4 is 4.90 Å². The summed E-state index contributed by atoms with van der Waals surface area (Å²) in [6, 6.07) is 4.24. The smallest absolute Gasteiger partial charge is 0.128 e. The molecule has 1 fully saturated rings. The second-order valence-electron chi connectivity index (χ2n) is 3.98. The normalized spacial score (nSPS) is 18.6. The molecule has 0 saturated carbocycles. The van der Waals surface area contributed by atoms with Crippen molar-refractivity contribution < 1.29 is 1.43 Å². The molecule has 3 nitrogen and oxygen atoms in total. The van der Waals surface area contributed by atoms with Crippen molar-refractivity contribution in [1.29, 1.82) is 0 Å². The van der Waals surface area contributed by atoms with Crippen LogP contribution in [-0.2, 0) is 0 Å². The van der Waals surface area contributed by atoms with E-state index in [0.717, 1.165) is 32.0 Å². The van der Waals surface area contributed by atoms with Gasteiger partial charge in [0.1, 0.15) is 5.82 Å². The lowest BCUT2D eigenvalue weighted by Crippen LogP contribution is -2.44. The van der Waals surface area contributed by atoms with Gasteiger partial charge in [-0.15, -0.1) is 0 Å². The zero-order valence-corrected chi connectivity index (χ0v) is 8.90. The molecule has 78 valence electrons. The molecule has 2 heterocycles. The number of aryl methyl sites for hydroxylation is 1. The van der Waals surface area contributed by atoms with E-state index in [2.05, 4.69) is 40.9 Å². The van der Waals surface area contributed by atoms with Crippen LogP contribution in [0, 0.1) is 6.92 Å². The highest BCUT2D eigenvalue weighted by molar-refractivity contribution is 5.39. The molecular formula is C11H19N3. The fourth-order valence-corrected chi connectivity index (χ4v) is 1.68. The van der Waals surface area contributed by atoms with E-state index < -0.39 is 0 Å². The number of anilines is 1. The first-order valence-corrected chi connectivity index (χ1v) is 5.12. The molecule has 0 spiro atoms. The lowest BCUT2D eigenvalue weighted by molar-refractivity contribution is 0.312. The fourth-order valence-electron chi connectivity index (χ4n) is 1.68. The quantitative estimate of drug-likeness (QED) is 0.672. The summed E-state index contributed by atoms with van der Waals surface area (Å²) in [6.45, 7) is 6.52. The van der Waals surface area contributed by atoms with Crippen molar-refractivity contribution >= 4 is 5.82 Å². The molecule has 1 saturated heterocycles. The topological polar surface area (TPSA) is 19.4 Å². The Bertz CT molecular complexity index is 291. The first kappa shape index (κ1) is 9.46. The van der Waals surface area contributed by atoms with Gasteiger partial charge in [0.05, 0.1) is 0 Å². The average Bonchev–Trinajstić information content (AvgIpc) is 2.21. The van der Waals surface area contributed by atoms with Crippen molar-refractivity contribution in [2.75, 3.05) is 38.1 Å². The Kier molecular flexibility index (Phi) is 2.68. The molecular weight excluding hydrogens is 174 g/mol. The second-order valence-corrected chi connectivity index (χ2v) is 3.98. The first-order valence-electron chi connectivity index (χ1n) is 5.12. The number of hydrogen-bond donors (Lipinski definition) is 0. The van der Waals surface area contributed by atoms with Gasteiger partial charge < -0.3 is 9.80 Å².